The number of aryl methyl sites for hydroxylation is 1. The van der Waals surface area contributed by atoms with Gasteiger partial charge in [0.1, 0.15) is 12.2 Å². The first-order chi connectivity index (χ1) is 9.27. The van der Waals surface area contributed by atoms with Crippen molar-refractivity contribution in [2.45, 2.75) is 63.2 Å². The van der Waals surface area contributed by atoms with Crippen molar-refractivity contribution < 1.29 is 4.74 Å². The Balaban J connectivity index is 1.43. The number of aromatic nitrogens is 3. The standard InChI is InChI=1S/C14H24N4O/c1-18-11-16-17-13(18)10-15-9-12-5-8-14(19-12)6-3-2-4-7-14/h11-12,15H,2-10H2,1H3. The van der Waals surface area contributed by atoms with Crippen LogP contribution in [0, 0.1) is 0 Å². The Morgan fingerprint density at radius 2 is 2.21 bits per heavy atom. The van der Waals surface area contributed by atoms with Crippen LogP contribution in [-0.4, -0.2) is 33.0 Å². The van der Waals surface area contributed by atoms with E-state index in [2.05, 4.69) is 15.5 Å². The summed E-state index contributed by atoms with van der Waals surface area (Å²) in [5, 5.41) is 11.4. The largest absolute Gasteiger partial charge is 0.370 e. The van der Waals surface area contributed by atoms with E-state index in [-0.39, 0.29) is 5.60 Å². The van der Waals surface area contributed by atoms with Crippen LogP contribution in [0.5, 0.6) is 0 Å². The molecule has 2 aliphatic rings. The van der Waals surface area contributed by atoms with Crippen LogP contribution in [0.3, 0.4) is 0 Å². The maximum absolute atomic E-state index is 6.33. The van der Waals surface area contributed by atoms with E-state index in [0.717, 1.165) is 18.9 Å². The maximum atomic E-state index is 6.33. The molecule has 1 saturated carbocycles. The Hall–Kier alpha value is -0.940. The van der Waals surface area contributed by atoms with Crippen LogP contribution in [0.4, 0.5) is 0 Å². The molecule has 3 rings (SSSR count). The monoisotopic (exact) mass is 264 g/mol. The molecule has 19 heavy (non-hydrogen) atoms. The predicted molar refractivity (Wildman–Crippen MR) is 72.6 cm³/mol. The highest BCUT2D eigenvalue weighted by Crippen LogP contribution is 2.41. The predicted octanol–water partition coefficient (Wildman–Crippen LogP) is 1.79. The van der Waals surface area contributed by atoms with Crippen LogP contribution < -0.4 is 5.32 Å². The molecule has 5 heteroatoms. The van der Waals surface area contributed by atoms with E-state index >= 15 is 0 Å². The zero-order chi connectivity index (χ0) is 13.1. The van der Waals surface area contributed by atoms with Gasteiger partial charge in [-0.15, -0.1) is 10.2 Å². The fraction of sp³-hybridized carbons (Fsp3) is 0.857. The lowest BCUT2D eigenvalue weighted by molar-refractivity contribution is -0.0624. The Kier molecular flexibility index (Phi) is 3.84. The molecule has 2 heterocycles. The van der Waals surface area contributed by atoms with Gasteiger partial charge in [0.15, 0.2) is 0 Å². The molecule has 1 unspecified atom stereocenters. The molecule has 1 aromatic rings. The fourth-order valence-corrected chi connectivity index (χ4v) is 3.42. The van der Waals surface area contributed by atoms with E-state index in [4.69, 9.17) is 4.74 Å². The van der Waals surface area contributed by atoms with E-state index < -0.39 is 0 Å². The number of hydrogen-bond acceptors (Lipinski definition) is 4. The van der Waals surface area contributed by atoms with E-state index in [1.165, 1.54) is 44.9 Å². The van der Waals surface area contributed by atoms with Crippen LogP contribution in [-0.2, 0) is 18.3 Å². The molecule has 1 spiro atoms. The Bertz CT molecular complexity index is 411. The lowest BCUT2D eigenvalue weighted by atomic mass is 9.83. The van der Waals surface area contributed by atoms with Gasteiger partial charge in [-0.1, -0.05) is 19.3 Å². The van der Waals surface area contributed by atoms with Gasteiger partial charge in [0.2, 0.25) is 0 Å². The van der Waals surface area contributed by atoms with E-state index in [0.29, 0.717) is 6.10 Å². The second-order valence-corrected chi connectivity index (χ2v) is 6.01. The minimum absolute atomic E-state index is 0.232. The summed E-state index contributed by atoms with van der Waals surface area (Å²) in [5.74, 6) is 0.977. The van der Waals surface area contributed by atoms with Gasteiger partial charge in [-0.05, 0) is 25.7 Å². The lowest BCUT2D eigenvalue weighted by Gasteiger charge is -2.33. The highest BCUT2D eigenvalue weighted by atomic mass is 16.5. The molecule has 5 nitrogen and oxygen atoms in total. The molecule has 0 bridgehead atoms. The third-order valence-corrected chi connectivity index (χ3v) is 4.56. The second-order valence-electron chi connectivity index (χ2n) is 6.01. The third kappa shape index (κ3) is 2.98. The van der Waals surface area contributed by atoms with Crippen LogP contribution in [0.1, 0.15) is 50.8 Å². The smallest absolute Gasteiger partial charge is 0.146 e. The summed E-state index contributed by atoms with van der Waals surface area (Å²) >= 11 is 0. The van der Waals surface area contributed by atoms with Gasteiger partial charge < -0.3 is 14.6 Å². The fourth-order valence-electron chi connectivity index (χ4n) is 3.42. The molecule has 1 aliphatic heterocycles. The van der Waals surface area contributed by atoms with Crippen LogP contribution in [0.25, 0.3) is 0 Å². The number of rotatable bonds is 4. The van der Waals surface area contributed by atoms with Crippen molar-refractivity contribution in [2.75, 3.05) is 6.54 Å². The number of nitrogens with zero attached hydrogens (tertiary/aromatic N) is 3. The molecule has 2 fully saturated rings. The quantitative estimate of drug-likeness (QED) is 0.900. The Morgan fingerprint density at radius 3 is 2.95 bits per heavy atom. The summed E-state index contributed by atoms with van der Waals surface area (Å²) in [6.07, 6.45) is 11.2. The Morgan fingerprint density at radius 1 is 1.37 bits per heavy atom. The van der Waals surface area contributed by atoms with Crippen LogP contribution in [0.2, 0.25) is 0 Å². The first-order valence-electron chi connectivity index (χ1n) is 7.49. The normalized spacial score (nSPS) is 26.1. The molecule has 0 radical (unpaired) electrons. The molecule has 106 valence electrons. The summed E-state index contributed by atoms with van der Waals surface area (Å²) in [5.41, 5.74) is 0.232. The van der Waals surface area contributed by atoms with Gasteiger partial charge in [-0.3, -0.25) is 0 Å². The summed E-state index contributed by atoms with van der Waals surface area (Å²) in [6, 6.07) is 0. The van der Waals surface area contributed by atoms with Crippen molar-refractivity contribution in [1.29, 1.82) is 0 Å². The van der Waals surface area contributed by atoms with Crippen molar-refractivity contribution in [2.24, 2.45) is 7.05 Å². The van der Waals surface area contributed by atoms with Crippen LogP contribution >= 0.6 is 0 Å². The third-order valence-electron chi connectivity index (χ3n) is 4.56. The lowest BCUT2D eigenvalue weighted by Crippen LogP contribution is -2.34. The highest BCUT2D eigenvalue weighted by Gasteiger charge is 2.40. The van der Waals surface area contributed by atoms with Gasteiger partial charge in [0.05, 0.1) is 18.2 Å². The van der Waals surface area contributed by atoms with Crippen molar-refractivity contribution in [1.82, 2.24) is 20.1 Å². The number of nitrogens with one attached hydrogen (secondary N) is 1. The summed E-state index contributed by atoms with van der Waals surface area (Å²) < 4.78 is 8.28. The molecule has 1 N–H and O–H groups in total. The maximum Gasteiger partial charge on any atom is 0.146 e. The van der Waals surface area contributed by atoms with E-state index in [9.17, 15) is 0 Å². The zero-order valence-corrected chi connectivity index (χ0v) is 11.8. The van der Waals surface area contributed by atoms with Crippen molar-refractivity contribution in [3.8, 4) is 0 Å². The molecule has 0 amide bonds. The molecule has 1 aliphatic carbocycles. The number of ether oxygens (including phenoxy) is 1. The minimum Gasteiger partial charge on any atom is -0.370 e. The van der Waals surface area contributed by atoms with Gasteiger partial charge in [0, 0.05) is 13.6 Å². The first-order valence-corrected chi connectivity index (χ1v) is 7.49. The van der Waals surface area contributed by atoms with Gasteiger partial charge in [-0.25, -0.2) is 0 Å². The average Bonchev–Trinajstić information content (AvgIpc) is 2.99. The van der Waals surface area contributed by atoms with E-state index in [1.807, 2.05) is 11.6 Å². The topological polar surface area (TPSA) is 52.0 Å². The van der Waals surface area contributed by atoms with E-state index in [1.54, 1.807) is 6.33 Å². The molecule has 1 saturated heterocycles. The Labute approximate surface area is 114 Å². The first kappa shape index (κ1) is 13.1. The minimum atomic E-state index is 0.232. The molecule has 1 aromatic heterocycles. The average molecular weight is 264 g/mol. The van der Waals surface area contributed by atoms with Crippen molar-refractivity contribution in [3.63, 3.8) is 0 Å². The SMILES string of the molecule is Cn1cnnc1CNCC1CCC2(CCCCC2)O1. The summed E-state index contributed by atoms with van der Waals surface area (Å²) in [4.78, 5) is 0. The highest BCUT2D eigenvalue weighted by molar-refractivity contribution is 4.92. The van der Waals surface area contributed by atoms with Crippen molar-refractivity contribution >= 4 is 0 Å². The van der Waals surface area contributed by atoms with Gasteiger partial charge in [0.25, 0.3) is 0 Å². The molecular weight excluding hydrogens is 240 g/mol. The second kappa shape index (κ2) is 5.59. The van der Waals surface area contributed by atoms with Gasteiger partial charge in [-0.2, -0.15) is 0 Å². The van der Waals surface area contributed by atoms with Crippen molar-refractivity contribution in [3.05, 3.63) is 12.2 Å². The molecular formula is C14H24N4O. The van der Waals surface area contributed by atoms with Gasteiger partial charge >= 0.3 is 0 Å². The summed E-state index contributed by atoms with van der Waals surface area (Å²) in [7, 11) is 1.97. The zero-order valence-electron chi connectivity index (χ0n) is 11.8. The molecule has 1 atom stereocenters. The molecule has 0 aromatic carbocycles. The number of hydrogen-bond donors (Lipinski definition) is 1. The van der Waals surface area contributed by atoms with Crippen LogP contribution in [0.15, 0.2) is 6.33 Å². The summed E-state index contributed by atoms with van der Waals surface area (Å²) in [6.45, 7) is 1.69.